The third-order valence-electron chi connectivity index (χ3n) is 3.89. The molecule has 0 unspecified atom stereocenters. The quantitative estimate of drug-likeness (QED) is 0.549. The van der Waals surface area contributed by atoms with Gasteiger partial charge in [0.25, 0.3) is 0 Å². The van der Waals surface area contributed by atoms with Crippen LogP contribution in [-0.4, -0.2) is 50.3 Å². The standard InChI is InChI=1S/C15H29NO3/c1-5-19-14(17)12-18-11-10-16-8-6-13(7-9-16)15(2,3)4/h13H,5-12H2,1-4H3. The lowest BCUT2D eigenvalue weighted by atomic mass is 9.75. The Bertz CT molecular complexity index is 265. The zero-order chi connectivity index (χ0) is 14.3. The monoisotopic (exact) mass is 271 g/mol. The maximum atomic E-state index is 11.1. The zero-order valence-corrected chi connectivity index (χ0v) is 12.9. The molecule has 4 nitrogen and oxygen atoms in total. The van der Waals surface area contributed by atoms with Crippen LogP contribution in [0.2, 0.25) is 0 Å². The van der Waals surface area contributed by atoms with Crippen molar-refractivity contribution in [2.75, 3.05) is 39.5 Å². The fraction of sp³-hybridized carbons (Fsp3) is 0.933. The minimum absolute atomic E-state index is 0.0757. The van der Waals surface area contributed by atoms with Crippen molar-refractivity contribution in [3.05, 3.63) is 0 Å². The third kappa shape index (κ3) is 6.39. The number of carbonyl (C=O) groups excluding carboxylic acids is 1. The number of carbonyl (C=O) groups is 1. The van der Waals surface area contributed by atoms with E-state index < -0.39 is 0 Å². The van der Waals surface area contributed by atoms with Gasteiger partial charge >= 0.3 is 5.97 Å². The summed E-state index contributed by atoms with van der Waals surface area (Å²) in [6, 6.07) is 0. The summed E-state index contributed by atoms with van der Waals surface area (Å²) < 4.78 is 10.1. The molecule has 1 rings (SSSR count). The molecule has 1 aliphatic rings. The van der Waals surface area contributed by atoms with E-state index in [-0.39, 0.29) is 12.6 Å². The van der Waals surface area contributed by atoms with Gasteiger partial charge in [-0.2, -0.15) is 0 Å². The van der Waals surface area contributed by atoms with Gasteiger partial charge in [0, 0.05) is 6.54 Å². The van der Waals surface area contributed by atoms with Crippen LogP contribution in [0.5, 0.6) is 0 Å². The summed E-state index contributed by atoms with van der Waals surface area (Å²) in [4.78, 5) is 13.5. The van der Waals surface area contributed by atoms with Gasteiger partial charge in [-0.1, -0.05) is 20.8 Å². The van der Waals surface area contributed by atoms with Crippen LogP contribution in [0.3, 0.4) is 0 Å². The van der Waals surface area contributed by atoms with Crippen LogP contribution < -0.4 is 0 Å². The van der Waals surface area contributed by atoms with Gasteiger partial charge in [0.05, 0.1) is 13.2 Å². The van der Waals surface area contributed by atoms with Crippen LogP contribution in [0, 0.1) is 11.3 Å². The Labute approximate surface area is 117 Å². The molecule has 0 amide bonds. The van der Waals surface area contributed by atoms with E-state index in [0.29, 0.717) is 18.6 Å². The first-order valence-corrected chi connectivity index (χ1v) is 7.39. The summed E-state index contributed by atoms with van der Waals surface area (Å²) in [6.45, 7) is 13.1. The summed E-state index contributed by atoms with van der Waals surface area (Å²) in [5.41, 5.74) is 0.423. The van der Waals surface area contributed by atoms with Crippen LogP contribution in [0.25, 0.3) is 0 Å². The van der Waals surface area contributed by atoms with E-state index >= 15 is 0 Å². The Morgan fingerprint density at radius 2 is 1.89 bits per heavy atom. The molecule has 0 aliphatic carbocycles. The van der Waals surface area contributed by atoms with Crippen molar-refractivity contribution in [1.29, 1.82) is 0 Å². The normalized spacial score (nSPS) is 18.5. The molecular formula is C15H29NO3. The third-order valence-corrected chi connectivity index (χ3v) is 3.89. The highest BCUT2D eigenvalue weighted by molar-refractivity contribution is 5.70. The van der Waals surface area contributed by atoms with E-state index in [1.165, 1.54) is 12.8 Å². The topological polar surface area (TPSA) is 38.8 Å². The number of piperidine rings is 1. The van der Waals surface area contributed by atoms with E-state index in [0.717, 1.165) is 25.6 Å². The number of esters is 1. The van der Waals surface area contributed by atoms with Crippen LogP contribution in [0.15, 0.2) is 0 Å². The van der Waals surface area contributed by atoms with Crippen molar-refractivity contribution in [3.63, 3.8) is 0 Å². The van der Waals surface area contributed by atoms with Crippen LogP contribution >= 0.6 is 0 Å². The van der Waals surface area contributed by atoms with E-state index in [1.54, 1.807) is 6.92 Å². The molecule has 1 fully saturated rings. The van der Waals surface area contributed by atoms with Gasteiger partial charge in [0.15, 0.2) is 0 Å². The van der Waals surface area contributed by atoms with Crippen molar-refractivity contribution in [2.45, 2.75) is 40.5 Å². The zero-order valence-electron chi connectivity index (χ0n) is 12.9. The van der Waals surface area contributed by atoms with Crippen molar-refractivity contribution in [2.24, 2.45) is 11.3 Å². The summed E-state index contributed by atoms with van der Waals surface area (Å²) >= 11 is 0. The first-order chi connectivity index (χ1) is 8.93. The first-order valence-electron chi connectivity index (χ1n) is 7.39. The molecule has 19 heavy (non-hydrogen) atoms. The van der Waals surface area contributed by atoms with E-state index in [9.17, 15) is 4.79 Å². The predicted molar refractivity (Wildman–Crippen MR) is 76.1 cm³/mol. The first kappa shape index (κ1) is 16.4. The summed E-state index contributed by atoms with van der Waals surface area (Å²) in [6.07, 6.45) is 2.53. The molecule has 112 valence electrons. The predicted octanol–water partition coefficient (Wildman–Crippen LogP) is 2.32. The number of hydrogen-bond donors (Lipinski definition) is 0. The molecule has 1 aliphatic heterocycles. The summed E-state index contributed by atoms with van der Waals surface area (Å²) in [5.74, 6) is 0.554. The van der Waals surface area contributed by atoms with E-state index in [4.69, 9.17) is 9.47 Å². The van der Waals surface area contributed by atoms with Crippen molar-refractivity contribution < 1.29 is 14.3 Å². The van der Waals surface area contributed by atoms with Crippen LogP contribution in [0.1, 0.15) is 40.5 Å². The molecule has 0 aromatic carbocycles. The molecule has 0 saturated carbocycles. The lowest BCUT2D eigenvalue weighted by Gasteiger charge is -2.38. The lowest BCUT2D eigenvalue weighted by Crippen LogP contribution is -2.39. The fourth-order valence-electron chi connectivity index (χ4n) is 2.57. The van der Waals surface area contributed by atoms with Gasteiger partial charge in [-0.15, -0.1) is 0 Å². The number of ether oxygens (including phenoxy) is 2. The molecule has 1 saturated heterocycles. The molecule has 4 heteroatoms. The van der Waals surface area contributed by atoms with Crippen molar-refractivity contribution in [3.8, 4) is 0 Å². The minimum atomic E-state index is -0.269. The lowest BCUT2D eigenvalue weighted by molar-refractivity contribution is -0.148. The minimum Gasteiger partial charge on any atom is -0.464 e. The Hall–Kier alpha value is -0.610. The van der Waals surface area contributed by atoms with Gasteiger partial charge < -0.3 is 14.4 Å². The van der Waals surface area contributed by atoms with Crippen LogP contribution in [-0.2, 0) is 14.3 Å². The number of hydrogen-bond acceptors (Lipinski definition) is 4. The molecule has 0 N–H and O–H groups in total. The summed E-state index contributed by atoms with van der Waals surface area (Å²) in [7, 11) is 0. The largest absolute Gasteiger partial charge is 0.464 e. The Balaban J connectivity index is 2.08. The highest BCUT2D eigenvalue weighted by Gasteiger charge is 2.28. The smallest absolute Gasteiger partial charge is 0.332 e. The van der Waals surface area contributed by atoms with Crippen molar-refractivity contribution in [1.82, 2.24) is 4.90 Å². The number of rotatable bonds is 6. The van der Waals surface area contributed by atoms with Gasteiger partial charge in [-0.05, 0) is 44.2 Å². The average Bonchev–Trinajstić information content (AvgIpc) is 2.34. The molecule has 0 radical (unpaired) electrons. The SMILES string of the molecule is CCOC(=O)COCCN1CCC(C(C)(C)C)CC1. The maximum absolute atomic E-state index is 11.1. The second kappa shape index (κ2) is 7.85. The second-order valence-electron chi connectivity index (χ2n) is 6.34. The number of likely N-dealkylation sites (tertiary alicyclic amines) is 1. The van der Waals surface area contributed by atoms with Crippen molar-refractivity contribution >= 4 is 5.97 Å². The Morgan fingerprint density at radius 3 is 2.42 bits per heavy atom. The molecular weight excluding hydrogens is 242 g/mol. The molecule has 0 bridgehead atoms. The Kier molecular flexibility index (Phi) is 6.80. The van der Waals surface area contributed by atoms with E-state index in [2.05, 4.69) is 25.7 Å². The maximum Gasteiger partial charge on any atom is 0.332 e. The molecule has 1 heterocycles. The van der Waals surface area contributed by atoms with Crippen LogP contribution in [0.4, 0.5) is 0 Å². The summed E-state index contributed by atoms with van der Waals surface area (Å²) in [5, 5.41) is 0. The van der Waals surface area contributed by atoms with E-state index in [1.807, 2.05) is 0 Å². The Morgan fingerprint density at radius 1 is 1.26 bits per heavy atom. The highest BCUT2D eigenvalue weighted by atomic mass is 16.6. The molecule has 0 atom stereocenters. The molecule has 0 spiro atoms. The number of nitrogens with zero attached hydrogens (tertiary/aromatic N) is 1. The molecule has 0 aromatic heterocycles. The van der Waals surface area contributed by atoms with Gasteiger partial charge in [0.2, 0.25) is 0 Å². The molecule has 0 aromatic rings. The highest BCUT2D eigenvalue weighted by Crippen LogP contribution is 2.33. The average molecular weight is 271 g/mol. The second-order valence-corrected chi connectivity index (χ2v) is 6.34. The van der Waals surface area contributed by atoms with Gasteiger partial charge in [-0.25, -0.2) is 4.79 Å². The van der Waals surface area contributed by atoms with Gasteiger partial charge in [-0.3, -0.25) is 0 Å². The fourth-order valence-corrected chi connectivity index (χ4v) is 2.57. The van der Waals surface area contributed by atoms with Gasteiger partial charge in [0.1, 0.15) is 6.61 Å².